The van der Waals surface area contributed by atoms with E-state index in [1.54, 1.807) is 42.5 Å². The van der Waals surface area contributed by atoms with Gasteiger partial charge in [-0.2, -0.15) is 0 Å². The van der Waals surface area contributed by atoms with E-state index in [-0.39, 0.29) is 53.8 Å². The molecule has 5 N–H and O–H groups in total. The molecule has 0 saturated heterocycles. The van der Waals surface area contributed by atoms with Gasteiger partial charge in [0.15, 0.2) is 23.0 Å². The maximum absolute atomic E-state index is 13.5. The number of phenols is 4. The van der Waals surface area contributed by atoms with Crippen molar-refractivity contribution < 1.29 is 39.8 Å². The van der Waals surface area contributed by atoms with Crippen LogP contribution in [0.1, 0.15) is 56.2 Å². The Labute approximate surface area is 241 Å². The van der Waals surface area contributed by atoms with E-state index in [0.717, 1.165) is 24.0 Å². The number of hydrogen-bond donors (Lipinski definition) is 5. The second-order valence-electron chi connectivity index (χ2n) is 10.9. The van der Waals surface area contributed by atoms with Gasteiger partial charge in [-0.05, 0) is 97.5 Å². The van der Waals surface area contributed by atoms with Crippen LogP contribution in [-0.4, -0.2) is 51.1 Å². The number of methoxy groups -OCH3 is 1. The average Bonchev–Trinajstić information content (AvgIpc) is 2.94. The highest BCUT2D eigenvalue weighted by atomic mass is 16.5. The lowest BCUT2D eigenvalue weighted by molar-refractivity contribution is -0.126. The number of carbonyl (C=O) groups is 1. The fraction of sp³-hybridized carbons (Fsp3) is 0.424. The first-order valence-electron chi connectivity index (χ1n) is 14.1. The van der Waals surface area contributed by atoms with Gasteiger partial charge in [-0.1, -0.05) is 32.0 Å². The molecule has 0 fully saturated rings. The van der Waals surface area contributed by atoms with E-state index in [0.29, 0.717) is 36.7 Å². The first-order valence-corrected chi connectivity index (χ1v) is 14.1. The van der Waals surface area contributed by atoms with E-state index < -0.39 is 12.0 Å². The summed E-state index contributed by atoms with van der Waals surface area (Å²) in [6, 6.07) is 14.7. The summed E-state index contributed by atoms with van der Waals surface area (Å²) in [6.07, 6.45) is 2.23. The summed E-state index contributed by atoms with van der Waals surface area (Å²) in [6.45, 7) is 4.64. The van der Waals surface area contributed by atoms with E-state index in [9.17, 15) is 30.3 Å². The largest absolute Gasteiger partial charge is 0.508 e. The number of phenolic OH excluding ortho intramolecular Hbond substituents is 4. The molecule has 0 aliphatic carbocycles. The molecule has 0 aliphatic heterocycles. The van der Waals surface area contributed by atoms with E-state index in [2.05, 4.69) is 13.8 Å². The zero-order valence-corrected chi connectivity index (χ0v) is 24.0. The zero-order chi connectivity index (χ0) is 29.9. The van der Waals surface area contributed by atoms with E-state index >= 15 is 0 Å². The van der Waals surface area contributed by atoms with Crippen LogP contribution in [-0.2, 0) is 24.1 Å². The van der Waals surface area contributed by atoms with Crippen molar-refractivity contribution >= 4 is 5.78 Å². The third-order valence-electron chi connectivity index (χ3n) is 7.18. The topological polar surface area (TPSA) is 137 Å². The van der Waals surface area contributed by atoms with Gasteiger partial charge in [-0.25, -0.2) is 0 Å². The van der Waals surface area contributed by atoms with Gasteiger partial charge in [0.05, 0.1) is 19.8 Å². The van der Waals surface area contributed by atoms with Crippen LogP contribution in [0.3, 0.4) is 0 Å². The standard InChI is InChI=1S/C33H42O8/c1-21(2)6-5-15-41-32-20-24(18-30(38)33(32)39)11-13-28(36)26(17-23-7-4-8-25(34)16-23)27(35)12-9-22-10-14-29(37)31(19-22)40-3/h4,7-8,10,14,16,18-21,26-27,34-35,37-39H,5-6,9,11-13,15,17H2,1-3H3. The number of aromatic hydroxyl groups is 4. The van der Waals surface area contributed by atoms with Gasteiger partial charge in [0.2, 0.25) is 5.75 Å². The van der Waals surface area contributed by atoms with Crippen molar-refractivity contribution in [1.82, 2.24) is 0 Å². The van der Waals surface area contributed by atoms with E-state index in [1.807, 2.05) is 0 Å². The number of aliphatic hydroxyl groups is 1. The fourth-order valence-electron chi connectivity index (χ4n) is 4.82. The van der Waals surface area contributed by atoms with Gasteiger partial charge in [0.1, 0.15) is 11.5 Å². The van der Waals surface area contributed by atoms with E-state index in [4.69, 9.17) is 9.47 Å². The minimum atomic E-state index is -0.960. The summed E-state index contributed by atoms with van der Waals surface area (Å²) in [4.78, 5) is 13.5. The number of aliphatic hydroxyl groups excluding tert-OH is 1. The molecule has 0 spiro atoms. The molecule has 0 bridgehead atoms. The number of ketones is 1. The van der Waals surface area contributed by atoms with Crippen molar-refractivity contribution in [3.05, 3.63) is 71.3 Å². The maximum Gasteiger partial charge on any atom is 0.200 e. The van der Waals surface area contributed by atoms with Gasteiger partial charge < -0.3 is 35.0 Å². The molecule has 222 valence electrons. The van der Waals surface area contributed by atoms with Crippen LogP contribution in [0.2, 0.25) is 0 Å². The van der Waals surface area contributed by atoms with Crippen molar-refractivity contribution in [2.75, 3.05) is 13.7 Å². The highest BCUT2D eigenvalue weighted by molar-refractivity contribution is 5.82. The third-order valence-corrected chi connectivity index (χ3v) is 7.18. The van der Waals surface area contributed by atoms with Crippen LogP contribution in [0.5, 0.6) is 34.5 Å². The Morgan fingerprint density at radius 1 is 0.829 bits per heavy atom. The SMILES string of the molecule is COc1cc(CCC(O)C(Cc2cccc(O)c2)C(=O)CCc2cc(O)c(O)c(OCCCC(C)C)c2)ccc1O. The number of ether oxygens (including phenoxy) is 2. The Morgan fingerprint density at radius 3 is 2.29 bits per heavy atom. The summed E-state index contributed by atoms with van der Waals surface area (Å²) in [5, 5.41) is 51.4. The summed E-state index contributed by atoms with van der Waals surface area (Å²) in [5.41, 5.74) is 2.21. The number of Topliss-reactive ketones (excluding diaryl/α,β-unsaturated/α-hetero) is 1. The highest BCUT2D eigenvalue weighted by Gasteiger charge is 2.27. The molecule has 3 aromatic carbocycles. The summed E-state index contributed by atoms with van der Waals surface area (Å²) in [7, 11) is 1.47. The number of benzene rings is 3. The normalized spacial score (nSPS) is 12.7. The highest BCUT2D eigenvalue weighted by Crippen LogP contribution is 2.37. The molecule has 8 nitrogen and oxygen atoms in total. The Bertz CT molecular complexity index is 1290. The Hall–Kier alpha value is -3.91. The molecular weight excluding hydrogens is 524 g/mol. The molecule has 41 heavy (non-hydrogen) atoms. The predicted octanol–water partition coefficient (Wildman–Crippen LogP) is 5.69. The van der Waals surface area contributed by atoms with Crippen molar-refractivity contribution in [3.63, 3.8) is 0 Å². The smallest absolute Gasteiger partial charge is 0.200 e. The average molecular weight is 567 g/mol. The quantitative estimate of drug-likeness (QED) is 0.110. The van der Waals surface area contributed by atoms with Crippen LogP contribution in [0, 0.1) is 11.8 Å². The first-order chi connectivity index (χ1) is 19.6. The second-order valence-corrected chi connectivity index (χ2v) is 10.9. The first kappa shape index (κ1) is 31.6. The maximum atomic E-state index is 13.5. The fourth-order valence-corrected chi connectivity index (χ4v) is 4.82. The van der Waals surface area contributed by atoms with Crippen LogP contribution in [0.15, 0.2) is 54.6 Å². The molecule has 0 amide bonds. The predicted molar refractivity (Wildman–Crippen MR) is 157 cm³/mol. The van der Waals surface area contributed by atoms with Gasteiger partial charge in [-0.15, -0.1) is 0 Å². The summed E-state index contributed by atoms with van der Waals surface area (Å²) < 4.78 is 10.9. The van der Waals surface area contributed by atoms with Crippen LogP contribution in [0.25, 0.3) is 0 Å². The molecule has 0 aliphatic rings. The Morgan fingerprint density at radius 2 is 1.59 bits per heavy atom. The molecular formula is C33H42O8. The van der Waals surface area contributed by atoms with Crippen molar-refractivity contribution in [1.29, 1.82) is 0 Å². The van der Waals surface area contributed by atoms with E-state index in [1.165, 1.54) is 19.2 Å². The third kappa shape index (κ3) is 9.60. The minimum Gasteiger partial charge on any atom is -0.508 e. The molecule has 0 aromatic heterocycles. The van der Waals surface area contributed by atoms with Crippen LogP contribution >= 0.6 is 0 Å². The lowest BCUT2D eigenvalue weighted by Crippen LogP contribution is -2.31. The molecule has 2 atom stereocenters. The van der Waals surface area contributed by atoms with Gasteiger partial charge >= 0.3 is 0 Å². The number of hydrogen-bond acceptors (Lipinski definition) is 8. The second kappa shape index (κ2) is 15.2. The van der Waals surface area contributed by atoms with Gasteiger partial charge in [0.25, 0.3) is 0 Å². The lowest BCUT2D eigenvalue weighted by Gasteiger charge is -2.23. The summed E-state index contributed by atoms with van der Waals surface area (Å²) >= 11 is 0. The number of aryl methyl sites for hydroxylation is 2. The monoisotopic (exact) mass is 566 g/mol. The molecule has 8 heteroatoms. The van der Waals surface area contributed by atoms with Crippen LogP contribution < -0.4 is 9.47 Å². The molecule has 0 saturated carbocycles. The minimum absolute atomic E-state index is 0.0260. The molecule has 0 radical (unpaired) electrons. The molecule has 3 aromatic rings. The molecule has 3 rings (SSSR count). The van der Waals surface area contributed by atoms with Crippen LogP contribution in [0.4, 0.5) is 0 Å². The lowest BCUT2D eigenvalue weighted by atomic mass is 9.85. The number of carbonyl (C=O) groups excluding carboxylic acids is 1. The Balaban J connectivity index is 1.71. The molecule has 0 heterocycles. The molecule has 2 unspecified atom stereocenters. The van der Waals surface area contributed by atoms with Crippen molar-refractivity contribution in [2.24, 2.45) is 11.8 Å². The van der Waals surface area contributed by atoms with Crippen molar-refractivity contribution in [3.8, 4) is 34.5 Å². The number of rotatable bonds is 16. The Kier molecular flexibility index (Phi) is 11.7. The van der Waals surface area contributed by atoms with Gasteiger partial charge in [-0.3, -0.25) is 4.79 Å². The zero-order valence-electron chi connectivity index (χ0n) is 24.0. The van der Waals surface area contributed by atoms with Crippen molar-refractivity contribution in [2.45, 2.75) is 64.9 Å². The van der Waals surface area contributed by atoms with Gasteiger partial charge in [0, 0.05) is 12.3 Å². The summed E-state index contributed by atoms with van der Waals surface area (Å²) in [5.74, 6) is -0.365.